The number of carboxylic acid groups (broad SMARTS) is 1. The maximum atomic E-state index is 11.0. The zero-order valence-corrected chi connectivity index (χ0v) is 23.0. The van der Waals surface area contributed by atoms with Crippen LogP contribution >= 0.6 is 85.9 Å². The number of aromatic carboxylic acids is 1. The van der Waals surface area contributed by atoms with Gasteiger partial charge in [0.05, 0.1) is 5.56 Å². The Kier molecular flexibility index (Phi) is 10.2. The summed E-state index contributed by atoms with van der Waals surface area (Å²) in [6, 6.07) is 14.2. The van der Waals surface area contributed by atoms with Gasteiger partial charge in [-0.3, -0.25) is 0 Å². The van der Waals surface area contributed by atoms with Crippen molar-refractivity contribution < 1.29 is 17.8 Å². The van der Waals surface area contributed by atoms with E-state index in [1.54, 1.807) is 24.3 Å². The van der Waals surface area contributed by atoms with E-state index in [1.165, 1.54) is 0 Å². The number of carbonyl (C=O) groups excluding carboxylic acids is 1. The molecule has 0 atom stereocenters. The van der Waals surface area contributed by atoms with Crippen molar-refractivity contribution in [3.63, 3.8) is 0 Å². The van der Waals surface area contributed by atoms with Crippen molar-refractivity contribution in [2.75, 3.05) is 0 Å². The second-order valence-corrected chi connectivity index (χ2v) is 12.2. The van der Waals surface area contributed by atoms with Crippen LogP contribution < -0.4 is 17.1 Å². The molecule has 4 rings (SSSR count). The number of halogens is 6. The SMILES string of the molecule is O=C(O)c1ccccc1I.O=C1OI(Cl)c2ccccc21.O=c1n(Cl)c(=O)n(Cl)c(=O)n1Cl. The summed E-state index contributed by atoms with van der Waals surface area (Å²) in [6.45, 7) is 0. The Labute approximate surface area is 224 Å². The van der Waals surface area contributed by atoms with Crippen LogP contribution in [0, 0.1) is 7.14 Å². The van der Waals surface area contributed by atoms with Gasteiger partial charge in [-0.2, -0.15) is 0 Å². The number of rotatable bonds is 1. The fourth-order valence-corrected chi connectivity index (χ4v) is 6.56. The minimum Gasteiger partial charge on any atom is -0.244 e. The van der Waals surface area contributed by atoms with Gasteiger partial charge in [0.25, 0.3) is 0 Å². The van der Waals surface area contributed by atoms with Crippen molar-refractivity contribution in [2.24, 2.45) is 0 Å². The monoisotopic (exact) mass is 761 g/mol. The summed E-state index contributed by atoms with van der Waals surface area (Å²) < 4.78 is 6.86. The van der Waals surface area contributed by atoms with Crippen molar-refractivity contribution in [3.8, 4) is 0 Å². The first-order chi connectivity index (χ1) is 15.5. The Morgan fingerprint density at radius 1 is 0.848 bits per heavy atom. The number of aromatic nitrogens is 3. The fourth-order valence-electron chi connectivity index (χ4n) is 2.01. The van der Waals surface area contributed by atoms with E-state index in [0.717, 1.165) is 7.14 Å². The number of fused-ring (bicyclic) bond motifs is 1. The molecule has 0 fully saturated rings. The summed E-state index contributed by atoms with van der Waals surface area (Å²) in [5.41, 5.74) is -2.48. The van der Waals surface area contributed by atoms with Crippen molar-refractivity contribution in [1.29, 1.82) is 0 Å². The van der Waals surface area contributed by atoms with Gasteiger partial charge >= 0.3 is 98.3 Å². The van der Waals surface area contributed by atoms with Crippen LogP contribution in [0.5, 0.6) is 0 Å². The van der Waals surface area contributed by atoms with Crippen LogP contribution in [-0.2, 0) is 3.07 Å². The molecular formula is C17H9Cl4I2N3O7. The summed E-state index contributed by atoms with van der Waals surface area (Å²) in [4.78, 5) is 53.7. The topological polar surface area (TPSA) is 130 Å². The largest absolute Gasteiger partial charge is 0.366 e. The van der Waals surface area contributed by atoms with E-state index in [0.29, 0.717) is 11.1 Å². The van der Waals surface area contributed by atoms with Gasteiger partial charge in [0.1, 0.15) is 0 Å². The molecule has 176 valence electrons. The summed E-state index contributed by atoms with van der Waals surface area (Å²) >= 11 is 15.3. The Morgan fingerprint density at radius 3 is 1.73 bits per heavy atom. The molecule has 16 heteroatoms. The Hall–Kier alpha value is -1.59. The van der Waals surface area contributed by atoms with Crippen LogP contribution in [0.1, 0.15) is 20.7 Å². The molecule has 10 nitrogen and oxygen atoms in total. The maximum absolute atomic E-state index is 11.0. The van der Waals surface area contributed by atoms with E-state index in [2.05, 4.69) is 0 Å². The van der Waals surface area contributed by atoms with Gasteiger partial charge in [-0.1, -0.05) is 12.1 Å². The number of carboxylic acids is 1. The molecular weight excluding hydrogens is 754 g/mol. The molecule has 0 saturated heterocycles. The molecule has 1 N–H and O–H groups in total. The van der Waals surface area contributed by atoms with Crippen molar-refractivity contribution in [1.82, 2.24) is 12.3 Å². The predicted molar refractivity (Wildman–Crippen MR) is 140 cm³/mol. The average molecular weight is 763 g/mol. The Morgan fingerprint density at radius 2 is 1.30 bits per heavy atom. The number of nitrogens with zero attached hydrogens (tertiary/aromatic N) is 3. The second kappa shape index (κ2) is 12.2. The molecule has 1 aliphatic heterocycles. The molecule has 0 spiro atoms. The van der Waals surface area contributed by atoms with Gasteiger partial charge in [-0.05, 0) is 34.7 Å². The molecule has 0 bridgehead atoms. The third-order valence-corrected chi connectivity index (χ3v) is 9.38. The van der Waals surface area contributed by atoms with E-state index in [-0.39, 0.29) is 18.2 Å². The average Bonchev–Trinajstić information content (AvgIpc) is 3.10. The smallest absolute Gasteiger partial charge is 0.244 e. The van der Waals surface area contributed by atoms with Crippen molar-refractivity contribution >= 4 is 97.9 Å². The quantitative estimate of drug-likeness (QED) is 0.374. The van der Waals surface area contributed by atoms with Gasteiger partial charge in [0, 0.05) is 38.9 Å². The normalized spacial score (nSPS) is 12.5. The van der Waals surface area contributed by atoms with Crippen LogP contribution in [0.3, 0.4) is 0 Å². The maximum Gasteiger partial charge on any atom is 0.366 e. The molecule has 1 aliphatic rings. The summed E-state index contributed by atoms with van der Waals surface area (Å²) in [6.07, 6.45) is 0. The zero-order chi connectivity index (χ0) is 24.9. The first-order valence-corrected chi connectivity index (χ1v) is 14.9. The van der Waals surface area contributed by atoms with Crippen molar-refractivity contribution in [3.05, 3.63) is 98.3 Å². The molecule has 2 heterocycles. The molecule has 3 aromatic rings. The number of benzene rings is 2. The summed E-state index contributed by atoms with van der Waals surface area (Å²) in [5.74, 6) is -1.13. The molecule has 0 aliphatic carbocycles. The van der Waals surface area contributed by atoms with Crippen molar-refractivity contribution in [2.45, 2.75) is 0 Å². The minimum atomic E-state index is -2.05. The van der Waals surface area contributed by atoms with E-state index in [9.17, 15) is 24.0 Å². The fraction of sp³-hybridized carbons (Fsp3) is 0. The standard InChI is InChI=1S/C7H4ClIO2.C7H5IO2.C3Cl3N3O3/c8-9-6-4-2-1-3-5(6)7(10)11-9;8-6-4-2-1-3-5(6)7(9)10;4-7-1(10)8(5)3(12)9(6)2(7)11/h1-4H;1-4H,(H,9,10);. The number of carbonyl (C=O) groups is 2. The molecule has 1 aromatic heterocycles. The van der Waals surface area contributed by atoms with Gasteiger partial charge in [0.2, 0.25) is 0 Å². The van der Waals surface area contributed by atoms with Crippen LogP contribution in [0.15, 0.2) is 62.9 Å². The molecule has 33 heavy (non-hydrogen) atoms. The van der Waals surface area contributed by atoms with Crippen LogP contribution in [0.4, 0.5) is 0 Å². The molecule has 0 amide bonds. The van der Waals surface area contributed by atoms with E-state index in [1.807, 2.05) is 46.9 Å². The third-order valence-electron chi connectivity index (χ3n) is 3.50. The zero-order valence-electron chi connectivity index (χ0n) is 15.6. The first-order valence-electron chi connectivity index (χ1n) is 8.13. The van der Waals surface area contributed by atoms with E-state index < -0.39 is 42.1 Å². The molecule has 2 aromatic carbocycles. The van der Waals surface area contributed by atoms with Crippen LogP contribution in [-0.4, -0.2) is 29.3 Å². The van der Waals surface area contributed by atoms with E-state index in [4.69, 9.17) is 52.4 Å². The summed E-state index contributed by atoms with van der Waals surface area (Å²) in [7, 11) is 5.85. The Balaban J connectivity index is 0.000000176. The van der Waals surface area contributed by atoms with E-state index >= 15 is 0 Å². The first kappa shape index (κ1) is 27.7. The van der Waals surface area contributed by atoms with Gasteiger partial charge in [0.15, 0.2) is 0 Å². The summed E-state index contributed by atoms with van der Waals surface area (Å²) in [5, 5.41) is 8.56. The number of hydrogen-bond acceptors (Lipinski definition) is 6. The third kappa shape index (κ3) is 6.73. The second-order valence-electron chi connectivity index (χ2n) is 5.53. The number of hydrogen-bond donors (Lipinski definition) is 1. The van der Waals surface area contributed by atoms with Gasteiger partial charge in [-0.15, -0.1) is 12.3 Å². The molecule has 0 unspecified atom stereocenters. The Bertz CT molecular complexity index is 1290. The predicted octanol–water partition coefficient (Wildman–Crippen LogP) is 3.77. The minimum absolute atomic E-state index is 0.0847. The van der Waals surface area contributed by atoms with Crippen LogP contribution in [0.2, 0.25) is 0 Å². The van der Waals surface area contributed by atoms with Crippen LogP contribution in [0.25, 0.3) is 0 Å². The van der Waals surface area contributed by atoms with Gasteiger partial charge in [-0.25, -0.2) is 19.2 Å². The molecule has 0 saturated carbocycles. The van der Waals surface area contributed by atoms with Gasteiger partial charge < -0.3 is 5.11 Å². The molecule has 0 radical (unpaired) electrons.